The maximum atomic E-state index is 12.3. The predicted octanol–water partition coefficient (Wildman–Crippen LogP) is 6.36. The highest BCUT2D eigenvalue weighted by atomic mass is 32.1. The predicted molar refractivity (Wildman–Crippen MR) is 127 cm³/mol. The Morgan fingerprint density at radius 3 is 2.28 bits per heavy atom. The van der Waals surface area contributed by atoms with E-state index in [1.807, 2.05) is 13.8 Å². The molecule has 0 aliphatic heterocycles. The number of carbonyl (C=O) groups excluding carboxylic acids is 1. The first-order valence-electron chi connectivity index (χ1n) is 10.2. The summed E-state index contributed by atoms with van der Waals surface area (Å²) in [6, 6.07) is 8.87. The number of hydrogen-bond acceptors (Lipinski definition) is 4. The first kappa shape index (κ1) is 23.4. The summed E-state index contributed by atoms with van der Waals surface area (Å²) in [4.78, 5) is 13.4. The molecule has 2 unspecified atom stereocenters. The summed E-state index contributed by atoms with van der Waals surface area (Å²) in [5, 5.41) is 7.88. The van der Waals surface area contributed by atoms with Crippen LogP contribution in [0.1, 0.15) is 84.4 Å². The van der Waals surface area contributed by atoms with Gasteiger partial charge in [0, 0.05) is 4.88 Å². The average molecular weight is 433 g/mol. The Hall–Kier alpha value is -1.92. The minimum absolute atomic E-state index is 0.106. The molecule has 29 heavy (non-hydrogen) atoms. The van der Waals surface area contributed by atoms with Gasteiger partial charge in [-0.15, -0.1) is 11.3 Å². The van der Waals surface area contributed by atoms with Crippen molar-refractivity contribution in [1.29, 1.82) is 0 Å². The number of methoxy groups -OCH3 is 1. The molecule has 2 rings (SSSR count). The Labute approximate surface area is 184 Å². The fourth-order valence-electron chi connectivity index (χ4n) is 3.42. The van der Waals surface area contributed by atoms with E-state index in [2.05, 4.69) is 55.7 Å². The van der Waals surface area contributed by atoms with Crippen LogP contribution >= 0.6 is 23.6 Å². The molecule has 0 spiro atoms. The number of aryl methyl sites for hydroxylation is 1. The molecule has 0 amide bonds. The Morgan fingerprint density at radius 1 is 1.14 bits per heavy atom. The molecule has 1 aromatic carbocycles. The first-order chi connectivity index (χ1) is 13.9. The third-order valence-corrected chi connectivity index (χ3v) is 6.70. The summed E-state index contributed by atoms with van der Waals surface area (Å²) >= 11 is 7.10. The van der Waals surface area contributed by atoms with Gasteiger partial charge in [0.1, 0.15) is 5.00 Å². The number of thiocarbonyl (C=S) groups is 1. The maximum absolute atomic E-state index is 12.3. The van der Waals surface area contributed by atoms with Crippen LogP contribution in [0.3, 0.4) is 0 Å². The molecule has 0 aliphatic carbocycles. The number of thiophene rings is 1. The van der Waals surface area contributed by atoms with Crippen molar-refractivity contribution in [1.82, 2.24) is 5.32 Å². The largest absolute Gasteiger partial charge is 0.465 e. The number of carbonyl (C=O) groups is 1. The molecule has 2 atom stereocenters. The zero-order valence-corrected chi connectivity index (χ0v) is 19.9. The number of benzene rings is 1. The van der Waals surface area contributed by atoms with Gasteiger partial charge in [-0.05, 0) is 61.0 Å². The van der Waals surface area contributed by atoms with Crippen molar-refractivity contribution in [2.45, 2.75) is 65.8 Å². The first-order valence-corrected chi connectivity index (χ1v) is 11.5. The van der Waals surface area contributed by atoms with Gasteiger partial charge in [-0.25, -0.2) is 4.79 Å². The third-order valence-electron chi connectivity index (χ3n) is 5.41. The summed E-state index contributed by atoms with van der Waals surface area (Å²) in [5.74, 6) is 0.232. The highest BCUT2D eigenvalue weighted by Crippen LogP contribution is 2.34. The van der Waals surface area contributed by atoms with Gasteiger partial charge in [0.2, 0.25) is 0 Å². The molecule has 2 N–H and O–H groups in total. The molecule has 0 radical (unpaired) electrons. The molecule has 0 bridgehead atoms. The van der Waals surface area contributed by atoms with E-state index in [-0.39, 0.29) is 12.0 Å². The molecule has 4 nitrogen and oxygen atoms in total. The number of rotatable bonds is 8. The topological polar surface area (TPSA) is 50.4 Å². The minimum atomic E-state index is -0.329. The van der Waals surface area contributed by atoms with Gasteiger partial charge in [0.15, 0.2) is 5.11 Å². The highest BCUT2D eigenvalue weighted by molar-refractivity contribution is 7.80. The maximum Gasteiger partial charge on any atom is 0.341 e. The van der Waals surface area contributed by atoms with Crippen molar-refractivity contribution in [3.63, 3.8) is 0 Å². The highest BCUT2D eigenvalue weighted by Gasteiger charge is 2.23. The molecular formula is C23H32N2O2S2. The number of nitrogens with one attached hydrogen (secondary N) is 2. The normalized spacial score (nSPS) is 12.9. The molecular weight excluding hydrogens is 400 g/mol. The Morgan fingerprint density at radius 2 is 1.76 bits per heavy atom. The van der Waals surface area contributed by atoms with E-state index in [4.69, 9.17) is 17.0 Å². The van der Waals surface area contributed by atoms with Gasteiger partial charge in [0.05, 0.1) is 18.7 Å². The quantitative estimate of drug-likeness (QED) is 0.376. The molecule has 2 aromatic rings. The van der Waals surface area contributed by atoms with Crippen molar-refractivity contribution in [3.05, 3.63) is 51.4 Å². The fraction of sp³-hybridized carbons (Fsp3) is 0.478. The second-order valence-corrected chi connectivity index (χ2v) is 8.85. The molecule has 0 fully saturated rings. The summed E-state index contributed by atoms with van der Waals surface area (Å²) < 4.78 is 4.99. The summed E-state index contributed by atoms with van der Waals surface area (Å²) in [5.41, 5.74) is 4.16. The van der Waals surface area contributed by atoms with Crippen molar-refractivity contribution in [2.24, 2.45) is 0 Å². The van der Waals surface area contributed by atoms with Crippen molar-refractivity contribution in [3.8, 4) is 0 Å². The van der Waals surface area contributed by atoms with Crippen LogP contribution in [-0.4, -0.2) is 18.2 Å². The van der Waals surface area contributed by atoms with Crippen LogP contribution in [0.25, 0.3) is 0 Å². The van der Waals surface area contributed by atoms with E-state index < -0.39 is 0 Å². The van der Waals surface area contributed by atoms with Crippen molar-refractivity contribution >= 4 is 39.6 Å². The van der Waals surface area contributed by atoms with Crippen LogP contribution in [0.2, 0.25) is 0 Å². The van der Waals surface area contributed by atoms with Crippen LogP contribution in [0.4, 0.5) is 5.00 Å². The zero-order chi connectivity index (χ0) is 21.6. The Kier molecular flexibility index (Phi) is 8.65. The lowest BCUT2D eigenvalue weighted by Crippen LogP contribution is -2.32. The van der Waals surface area contributed by atoms with Crippen LogP contribution < -0.4 is 10.6 Å². The molecule has 158 valence electrons. The van der Waals surface area contributed by atoms with Gasteiger partial charge < -0.3 is 15.4 Å². The molecule has 1 aromatic heterocycles. The lowest BCUT2D eigenvalue weighted by atomic mass is 9.95. The lowest BCUT2D eigenvalue weighted by Gasteiger charge is -2.21. The molecule has 0 saturated heterocycles. The van der Waals surface area contributed by atoms with Gasteiger partial charge in [-0.2, -0.15) is 0 Å². The van der Waals surface area contributed by atoms with Crippen molar-refractivity contribution in [2.75, 3.05) is 12.4 Å². The van der Waals surface area contributed by atoms with Crippen LogP contribution in [0.5, 0.6) is 0 Å². The summed E-state index contributed by atoms with van der Waals surface area (Å²) in [7, 11) is 1.41. The van der Waals surface area contributed by atoms with E-state index >= 15 is 0 Å². The number of ether oxygens (including phenoxy) is 1. The van der Waals surface area contributed by atoms with Crippen molar-refractivity contribution < 1.29 is 9.53 Å². The summed E-state index contributed by atoms with van der Waals surface area (Å²) in [6.45, 7) is 10.6. The van der Waals surface area contributed by atoms with Crippen LogP contribution in [-0.2, 0) is 11.2 Å². The van der Waals surface area contributed by atoms with E-state index in [1.165, 1.54) is 29.6 Å². The molecule has 0 aliphatic rings. The van der Waals surface area contributed by atoms with E-state index in [0.717, 1.165) is 34.7 Å². The van der Waals surface area contributed by atoms with Crippen LogP contribution in [0, 0.1) is 6.92 Å². The van der Waals surface area contributed by atoms with Crippen LogP contribution in [0.15, 0.2) is 24.3 Å². The second kappa shape index (κ2) is 10.7. The SMILES string of the molecule is CCc1c(C)sc(NC(=S)NC(CC)c2ccc(C(C)CC)cc2)c1C(=O)OC. The zero-order valence-electron chi connectivity index (χ0n) is 18.2. The standard InChI is InChI=1S/C23H32N2O2S2/c1-7-14(4)16-10-12-17(13-11-16)19(9-3)24-23(28)25-21-20(22(26)27-6)18(8-2)15(5)29-21/h10-14,19H,7-9H2,1-6H3,(H2,24,25,28). The second-order valence-electron chi connectivity index (χ2n) is 7.22. The van der Waals surface area contributed by atoms with E-state index in [9.17, 15) is 4.79 Å². The van der Waals surface area contributed by atoms with Gasteiger partial charge in [-0.1, -0.05) is 52.0 Å². The van der Waals surface area contributed by atoms with Gasteiger partial charge in [-0.3, -0.25) is 0 Å². The smallest absolute Gasteiger partial charge is 0.341 e. The molecule has 0 saturated carbocycles. The average Bonchev–Trinajstić information content (AvgIpc) is 3.05. The Bertz CT molecular complexity index is 843. The summed E-state index contributed by atoms with van der Waals surface area (Å²) in [6.07, 6.45) is 2.80. The molecule has 6 heteroatoms. The monoisotopic (exact) mass is 432 g/mol. The number of hydrogen-bond donors (Lipinski definition) is 2. The van der Waals surface area contributed by atoms with Gasteiger partial charge in [0.25, 0.3) is 0 Å². The Balaban J connectivity index is 2.16. The number of esters is 1. The third kappa shape index (κ3) is 5.58. The fourth-order valence-corrected chi connectivity index (χ4v) is 4.87. The van der Waals surface area contributed by atoms with E-state index in [0.29, 0.717) is 16.6 Å². The lowest BCUT2D eigenvalue weighted by molar-refractivity contribution is 0.0601. The molecule has 1 heterocycles. The minimum Gasteiger partial charge on any atom is -0.465 e. The van der Waals surface area contributed by atoms with E-state index in [1.54, 1.807) is 0 Å². The number of anilines is 1. The van der Waals surface area contributed by atoms with Gasteiger partial charge >= 0.3 is 5.97 Å².